The van der Waals surface area contributed by atoms with Gasteiger partial charge in [-0.25, -0.2) is 0 Å². The van der Waals surface area contributed by atoms with Crippen molar-refractivity contribution in [3.8, 4) is 11.5 Å². The number of methoxy groups -OCH3 is 2. The van der Waals surface area contributed by atoms with Crippen LogP contribution in [0, 0.1) is 6.92 Å². The van der Waals surface area contributed by atoms with Crippen LogP contribution in [-0.2, 0) is 6.42 Å². The van der Waals surface area contributed by atoms with Crippen LogP contribution >= 0.6 is 0 Å². The summed E-state index contributed by atoms with van der Waals surface area (Å²) >= 11 is 0. The molecular formula is C12H15O2. The van der Waals surface area contributed by atoms with Crippen LogP contribution in [0.4, 0.5) is 0 Å². The lowest BCUT2D eigenvalue weighted by molar-refractivity contribution is 0.352. The maximum atomic E-state index is 5.29. The molecule has 0 aromatic heterocycles. The van der Waals surface area contributed by atoms with Gasteiger partial charge in [0, 0.05) is 5.56 Å². The molecule has 2 nitrogen and oxygen atoms in total. The fourth-order valence-electron chi connectivity index (χ4n) is 1.40. The average molecular weight is 191 g/mol. The summed E-state index contributed by atoms with van der Waals surface area (Å²) in [5.74, 6) is 1.48. The van der Waals surface area contributed by atoms with Crippen molar-refractivity contribution in [1.29, 1.82) is 0 Å². The molecule has 1 radical (unpaired) electrons. The second kappa shape index (κ2) is 4.70. The smallest absolute Gasteiger partial charge is 0.164 e. The molecule has 2 heteroatoms. The van der Waals surface area contributed by atoms with E-state index in [4.69, 9.17) is 9.47 Å². The molecule has 0 heterocycles. The van der Waals surface area contributed by atoms with Crippen LogP contribution in [-0.4, -0.2) is 14.2 Å². The zero-order chi connectivity index (χ0) is 10.6. The van der Waals surface area contributed by atoms with Crippen LogP contribution < -0.4 is 9.47 Å². The number of ether oxygens (including phenoxy) is 2. The molecule has 1 aromatic carbocycles. The molecule has 0 aliphatic heterocycles. The Bertz CT molecular complexity index is 329. The molecule has 0 aliphatic carbocycles. The second-order valence-electron chi connectivity index (χ2n) is 2.93. The van der Waals surface area contributed by atoms with Gasteiger partial charge < -0.3 is 9.47 Å². The molecule has 75 valence electrons. The topological polar surface area (TPSA) is 18.5 Å². The second-order valence-corrected chi connectivity index (χ2v) is 2.93. The maximum Gasteiger partial charge on any atom is 0.164 e. The van der Waals surface area contributed by atoms with E-state index in [0.29, 0.717) is 0 Å². The van der Waals surface area contributed by atoms with Gasteiger partial charge in [0.2, 0.25) is 0 Å². The fraction of sp³-hybridized carbons (Fsp3) is 0.250. The first kappa shape index (κ1) is 10.6. The molecule has 1 rings (SSSR count). The third kappa shape index (κ3) is 1.90. The zero-order valence-electron chi connectivity index (χ0n) is 8.67. The lowest BCUT2D eigenvalue weighted by Crippen LogP contribution is -1.97. The molecule has 0 amide bonds. The summed E-state index contributed by atoms with van der Waals surface area (Å²) in [4.78, 5) is 0. The van der Waals surface area contributed by atoms with Gasteiger partial charge in [0.05, 0.1) is 14.2 Å². The van der Waals surface area contributed by atoms with Crippen LogP contribution in [0.2, 0.25) is 0 Å². The highest BCUT2D eigenvalue weighted by Gasteiger charge is 2.10. The van der Waals surface area contributed by atoms with Gasteiger partial charge in [-0.3, -0.25) is 0 Å². The summed E-state index contributed by atoms with van der Waals surface area (Å²) in [7, 11) is 3.25. The Morgan fingerprint density at radius 1 is 1.29 bits per heavy atom. The first-order valence-electron chi connectivity index (χ1n) is 4.41. The molecule has 0 atom stereocenters. The van der Waals surface area contributed by atoms with Gasteiger partial charge in [0.15, 0.2) is 11.5 Å². The van der Waals surface area contributed by atoms with Gasteiger partial charge in [0.1, 0.15) is 0 Å². The normalized spacial score (nSPS) is 9.64. The maximum absolute atomic E-state index is 5.29. The number of rotatable bonds is 4. The van der Waals surface area contributed by atoms with Gasteiger partial charge in [-0.15, -0.1) is 6.58 Å². The van der Waals surface area contributed by atoms with Gasteiger partial charge in [-0.2, -0.15) is 0 Å². The Morgan fingerprint density at radius 3 is 2.50 bits per heavy atom. The molecule has 1 aromatic rings. The van der Waals surface area contributed by atoms with Gasteiger partial charge in [0.25, 0.3) is 0 Å². The lowest BCUT2D eigenvalue weighted by Gasteiger charge is -2.13. The third-order valence-corrected chi connectivity index (χ3v) is 2.09. The molecule has 0 unspecified atom stereocenters. The van der Waals surface area contributed by atoms with Crippen molar-refractivity contribution in [1.82, 2.24) is 0 Å². The van der Waals surface area contributed by atoms with Crippen molar-refractivity contribution in [3.63, 3.8) is 0 Å². The first-order chi connectivity index (χ1) is 6.74. The molecule has 0 saturated heterocycles. The molecule has 14 heavy (non-hydrogen) atoms. The van der Waals surface area contributed by atoms with E-state index in [0.717, 1.165) is 29.0 Å². The monoisotopic (exact) mass is 191 g/mol. The van der Waals surface area contributed by atoms with Gasteiger partial charge >= 0.3 is 0 Å². The Morgan fingerprint density at radius 2 is 2.00 bits per heavy atom. The molecular weight excluding hydrogens is 176 g/mol. The number of hydrogen-bond acceptors (Lipinski definition) is 2. The zero-order valence-corrected chi connectivity index (χ0v) is 8.67. The van der Waals surface area contributed by atoms with E-state index in [1.54, 1.807) is 14.2 Å². The minimum absolute atomic E-state index is 0.733. The Kier molecular flexibility index (Phi) is 3.57. The predicted octanol–water partition coefficient (Wildman–Crippen LogP) is 2.61. The highest BCUT2D eigenvalue weighted by molar-refractivity contribution is 5.52. The minimum atomic E-state index is 0.733. The first-order valence-corrected chi connectivity index (χ1v) is 4.41. The number of benzene rings is 1. The average Bonchev–Trinajstić information content (AvgIpc) is 2.21. The number of allylic oxidation sites excluding steroid dienone is 1. The summed E-state index contributed by atoms with van der Waals surface area (Å²) in [5.41, 5.74) is 1.98. The molecule has 0 saturated carbocycles. The quantitative estimate of drug-likeness (QED) is 0.681. The van der Waals surface area contributed by atoms with Crippen molar-refractivity contribution in [3.05, 3.63) is 42.8 Å². The highest BCUT2D eigenvalue weighted by Crippen LogP contribution is 2.33. The van der Waals surface area contributed by atoms with Crippen molar-refractivity contribution >= 4 is 0 Å². The molecule has 0 N–H and O–H groups in total. The Labute approximate surface area is 85.2 Å². The van der Waals surface area contributed by atoms with Gasteiger partial charge in [-0.05, 0) is 25.0 Å². The summed E-state index contributed by atoms with van der Waals surface area (Å²) in [5, 5.41) is 0. The largest absolute Gasteiger partial charge is 0.493 e. The number of hydrogen-bond donors (Lipinski definition) is 0. The summed E-state index contributed by atoms with van der Waals surface area (Å²) in [6.07, 6.45) is 2.56. The summed E-state index contributed by atoms with van der Waals surface area (Å²) in [6.45, 7) is 7.64. The predicted molar refractivity (Wildman–Crippen MR) is 57.9 cm³/mol. The summed E-state index contributed by atoms with van der Waals surface area (Å²) < 4.78 is 10.5. The highest BCUT2D eigenvalue weighted by atomic mass is 16.5. The van der Waals surface area contributed by atoms with Crippen LogP contribution in [0.5, 0.6) is 11.5 Å². The van der Waals surface area contributed by atoms with E-state index in [2.05, 4.69) is 13.5 Å². The third-order valence-electron chi connectivity index (χ3n) is 2.09. The van der Waals surface area contributed by atoms with E-state index in [1.165, 1.54) is 0 Å². The van der Waals surface area contributed by atoms with E-state index < -0.39 is 0 Å². The Hall–Kier alpha value is -1.44. The van der Waals surface area contributed by atoms with Crippen molar-refractivity contribution in [2.75, 3.05) is 14.2 Å². The van der Waals surface area contributed by atoms with Crippen LogP contribution in [0.3, 0.4) is 0 Å². The lowest BCUT2D eigenvalue weighted by atomic mass is 10.0. The molecule has 0 bridgehead atoms. The summed E-state index contributed by atoms with van der Waals surface area (Å²) in [6, 6.07) is 3.77. The minimum Gasteiger partial charge on any atom is -0.493 e. The van der Waals surface area contributed by atoms with Crippen LogP contribution in [0.25, 0.3) is 0 Å². The molecule has 0 fully saturated rings. The standard InChI is InChI=1S/C12H15O2/c1-5-6-10-9(2)7-8-11(13-3)12(10)14-4/h5,7-8H,1-2,6H2,3-4H3. The van der Waals surface area contributed by atoms with Gasteiger partial charge in [-0.1, -0.05) is 12.1 Å². The molecule has 0 aliphatic rings. The van der Waals surface area contributed by atoms with Crippen molar-refractivity contribution in [2.24, 2.45) is 0 Å². The van der Waals surface area contributed by atoms with E-state index in [-0.39, 0.29) is 0 Å². The van der Waals surface area contributed by atoms with Crippen LogP contribution in [0.1, 0.15) is 11.1 Å². The van der Waals surface area contributed by atoms with Crippen LogP contribution in [0.15, 0.2) is 24.8 Å². The van der Waals surface area contributed by atoms with E-state index >= 15 is 0 Å². The fourth-order valence-corrected chi connectivity index (χ4v) is 1.40. The van der Waals surface area contributed by atoms with E-state index in [9.17, 15) is 0 Å². The van der Waals surface area contributed by atoms with E-state index in [1.807, 2.05) is 18.2 Å². The molecule has 0 spiro atoms. The Balaban J connectivity index is 3.26. The van der Waals surface area contributed by atoms with Crippen molar-refractivity contribution < 1.29 is 9.47 Å². The van der Waals surface area contributed by atoms with Crippen molar-refractivity contribution in [2.45, 2.75) is 6.42 Å². The SMILES string of the molecule is [CH2]c1ccc(OC)c(OC)c1CC=C.